The van der Waals surface area contributed by atoms with E-state index in [1.165, 1.54) is 7.11 Å². The van der Waals surface area contributed by atoms with Crippen molar-refractivity contribution in [2.45, 2.75) is 12.5 Å². The molecule has 0 aliphatic carbocycles. The van der Waals surface area contributed by atoms with Gasteiger partial charge in [0.2, 0.25) is 0 Å². The summed E-state index contributed by atoms with van der Waals surface area (Å²) >= 11 is 2.72. The Morgan fingerprint density at radius 1 is 1.65 bits per heavy atom. The van der Waals surface area contributed by atoms with Crippen LogP contribution < -0.4 is 10.5 Å². The summed E-state index contributed by atoms with van der Waals surface area (Å²) in [5.74, 6) is -3.22. The minimum absolute atomic E-state index is 0.0203. The molecular formula is C10H10BrF2NO3. The lowest BCUT2D eigenvalue weighted by molar-refractivity contribution is -0.137. The number of aliphatic carboxylic acids is 1. The SMILES string of the molecule is COc1c(C(N)CC(=O)O)cc(F)c(Br)c1F. The van der Waals surface area contributed by atoms with E-state index in [-0.39, 0.29) is 15.8 Å². The molecule has 1 aromatic carbocycles. The maximum absolute atomic E-state index is 13.6. The molecule has 0 heterocycles. The molecule has 0 fully saturated rings. The largest absolute Gasteiger partial charge is 0.493 e. The molecule has 7 heteroatoms. The van der Waals surface area contributed by atoms with Crippen LogP contribution in [0.3, 0.4) is 0 Å². The maximum Gasteiger partial charge on any atom is 0.305 e. The smallest absolute Gasteiger partial charge is 0.305 e. The average Bonchev–Trinajstić information content (AvgIpc) is 2.24. The van der Waals surface area contributed by atoms with Gasteiger partial charge in [-0.1, -0.05) is 0 Å². The van der Waals surface area contributed by atoms with Gasteiger partial charge in [0.25, 0.3) is 0 Å². The van der Waals surface area contributed by atoms with Gasteiger partial charge < -0.3 is 15.6 Å². The number of carbonyl (C=O) groups is 1. The molecule has 0 aromatic heterocycles. The van der Waals surface area contributed by atoms with Crippen LogP contribution in [0.1, 0.15) is 18.0 Å². The van der Waals surface area contributed by atoms with Gasteiger partial charge in [0, 0.05) is 11.6 Å². The molecule has 1 atom stereocenters. The first-order chi connectivity index (χ1) is 7.88. The number of rotatable bonds is 4. The summed E-state index contributed by atoms with van der Waals surface area (Å²) in [6.07, 6.45) is -0.448. The van der Waals surface area contributed by atoms with Crippen LogP contribution in [0.5, 0.6) is 5.75 Å². The summed E-state index contributed by atoms with van der Waals surface area (Å²) < 4.78 is 31.3. The molecule has 0 saturated carbocycles. The van der Waals surface area contributed by atoms with E-state index in [9.17, 15) is 13.6 Å². The van der Waals surface area contributed by atoms with Crippen LogP contribution in [-0.2, 0) is 4.79 Å². The normalized spacial score (nSPS) is 12.3. The molecule has 0 aliphatic rings. The summed E-state index contributed by atoms with van der Waals surface area (Å²) in [4.78, 5) is 10.5. The first-order valence-electron chi connectivity index (χ1n) is 4.57. The third-order valence-corrected chi connectivity index (χ3v) is 2.87. The number of carboxylic acid groups (broad SMARTS) is 1. The van der Waals surface area contributed by atoms with E-state index in [0.29, 0.717) is 0 Å². The van der Waals surface area contributed by atoms with Gasteiger partial charge in [-0.25, -0.2) is 8.78 Å². The Balaban J connectivity index is 3.27. The first-order valence-corrected chi connectivity index (χ1v) is 5.36. The summed E-state index contributed by atoms with van der Waals surface area (Å²) in [6.45, 7) is 0. The van der Waals surface area contributed by atoms with Gasteiger partial charge in [-0.15, -0.1) is 0 Å². The number of ether oxygens (including phenoxy) is 1. The molecule has 0 spiro atoms. The zero-order valence-electron chi connectivity index (χ0n) is 8.84. The van der Waals surface area contributed by atoms with Gasteiger partial charge in [-0.3, -0.25) is 4.79 Å². The highest BCUT2D eigenvalue weighted by Crippen LogP contribution is 2.35. The van der Waals surface area contributed by atoms with Gasteiger partial charge in [-0.05, 0) is 22.0 Å². The third-order valence-electron chi connectivity index (χ3n) is 2.14. The summed E-state index contributed by atoms with van der Waals surface area (Å²) in [5.41, 5.74) is 5.53. The molecule has 94 valence electrons. The molecule has 1 aromatic rings. The second kappa shape index (κ2) is 5.42. The molecule has 0 bridgehead atoms. The summed E-state index contributed by atoms with van der Waals surface area (Å²) in [7, 11) is 1.19. The van der Waals surface area contributed by atoms with Crippen LogP contribution in [0, 0.1) is 11.6 Å². The van der Waals surface area contributed by atoms with Crippen LogP contribution in [0.2, 0.25) is 0 Å². The number of halogens is 3. The van der Waals surface area contributed by atoms with Crippen molar-refractivity contribution in [2.24, 2.45) is 5.73 Å². The quantitative estimate of drug-likeness (QED) is 0.836. The fourth-order valence-corrected chi connectivity index (χ4v) is 1.67. The molecule has 0 aliphatic heterocycles. The summed E-state index contributed by atoms with van der Waals surface area (Å²) in [6, 6.07) is -0.0841. The van der Waals surface area contributed by atoms with E-state index in [4.69, 9.17) is 15.6 Å². The number of benzene rings is 1. The van der Waals surface area contributed by atoms with E-state index in [1.54, 1.807) is 0 Å². The van der Waals surface area contributed by atoms with Gasteiger partial charge in [0.05, 0.1) is 18.0 Å². The Morgan fingerprint density at radius 3 is 2.71 bits per heavy atom. The Labute approximate surface area is 104 Å². The van der Waals surface area contributed by atoms with E-state index in [2.05, 4.69) is 15.9 Å². The molecule has 1 unspecified atom stereocenters. The Bertz CT molecular complexity index is 454. The molecule has 4 nitrogen and oxygen atoms in total. The van der Waals surface area contributed by atoms with Crippen LogP contribution in [0.15, 0.2) is 10.5 Å². The Kier molecular flexibility index (Phi) is 4.41. The number of carboxylic acids is 1. The number of nitrogens with two attached hydrogens (primary N) is 1. The first kappa shape index (κ1) is 13.9. The van der Waals surface area contributed by atoms with Crippen molar-refractivity contribution in [1.29, 1.82) is 0 Å². The van der Waals surface area contributed by atoms with E-state index < -0.39 is 30.1 Å². The van der Waals surface area contributed by atoms with Gasteiger partial charge in [-0.2, -0.15) is 0 Å². The molecule has 3 N–H and O–H groups in total. The molecular weight excluding hydrogens is 300 g/mol. The molecule has 1 rings (SSSR count). The van der Waals surface area contributed by atoms with Crippen molar-refractivity contribution in [1.82, 2.24) is 0 Å². The van der Waals surface area contributed by atoms with Gasteiger partial charge >= 0.3 is 5.97 Å². The topological polar surface area (TPSA) is 72.5 Å². The second-order valence-corrected chi connectivity index (χ2v) is 4.11. The highest BCUT2D eigenvalue weighted by Gasteiger charge is 2.22. The van der Waals surface area contributed by atoms with Gasteiger partial charge in [0.15, 0.2) is 11.6 Å². The van der Waals surface area contributed by atoms with E-state index in [0.717, 1.165) is 6.07 Å². The fraction of sp³-hybridized carbons (Fsp3) is 0.300. The molecule has 0 radical (unpaired) electrons. The highest BCUT2D eigenvalue weighted by molar-refractivity contribution is 9.10. The summed E-state index contributed by atoms with van der Waals surface area (Å²) in [5, 5.41) is 8.58. The number of hydrogen-bond acceptors (Lipinski definition) is 3. The molecule has 0 amide bonds. The van der Waals surface area contributed by atoms with Crippen molar-refractivity contribution in [3.63, 3.8) is 0 Å². The fourth-order valence-electron chi connectivity index (χ4n) is 1.38. The van der Waals surface area contributed by atoms with Crippen LogP contribution in [0.25, 0.3) is 0 Å². The van der Waals surface area contributed by atoms with Gasteiger partial charge in [0.1, 0.15) is 5.82 Å². The van der Waals surface area contributed by atoms with Crippen molar-refractivity contribution in [2.75, 3.05) is 7.11 Å². The highest BCUT2D eigenvalue weighted by atomic mass is 79.9. The number of methoxy groups -OCH3 is 1. The third kappa shape index (κ3) is 2.92. The minimum atomic E-state index is -1.16. The predicted octanol–water partition coefficient (Wildman–Crippen LogP) is 2.21. The molecule has 0 saturated heterocycles. The zero-order valence-corrected chi connectivity index (χ0v) is 10.4. The minimum Gasteiger partial charge on any atom is -0.493 e. The van der Waals surface area contributed by atoms with Crippen LogP contribution in [-0.4, -0.2) is 18.2 Å². The Morgan fingerprint density at radius 2 is 2.24 bits per heavy atom. The van der Waals surface area contributed by atoms with Crippen LogP contribution >= 0.6 is 15.9 Å². The van der Waals surface area contributed by atoms with E-state index >= 15 is 0 Å². The zero-order chi connectivity index (χ0) is 13.2. The Hall–Kier alpha value is -1.21. The second-order valence-electron chi connectivity index (χ2n) is 3.31. The van der Waals surface area contributed by atoms with Crippen molar-refractivity contribution >= 4 is 21.9 Å². The van der Waals surface area contributed by atoms with Crippen LogP contribution in [0.4, 0.5) is 8.78 Å². The van der Waals surface area contributed by atoms with Crippen molar-refractivity contribution in [3.8, 4) is 5.75 Å². The number of hydrogen-bond donors (Lipinski definition) is 2. The lowest BCUT2D eigenvalue weighted by Crippen LogP contribution is -2.17. The molecule has 17 heavy (non-hydrogen) atoms. The average molecular weight is 310 g/mol. The van der Waals surface area contributed by atoms with Crippen molar-refractivity contribution < 1.29 is 23.4 Å². The lowest BCUT2D eigenvalue weighted by atomic mass is 10.0. The standard InChI is InChI=1S/C10H10BrF2NO3/c1-17-10-4(6(14)3-7(15)16)2-5(12)8(11)9(10)13/h2,6H,3,14H2,1H3,(H,15,16). The van der Waals surface area contributed by atoms with E-state index in [1.807, 2.05) is 0 Å². The monoisotopic (exact) mass is 309 g/mol. The van der Waals surface area contributed by atoms with Crippen molar-refractivity contribution in [3.05, 3.63) is 27.7 Å². The maximum atomic E-state index is 13.6. The predicted molar refractivity (Wildman–Crippen MR) is 59.8 cm³/mol. The lowest BCUT2D eigenvalue weighted by Gasteiger charge is -2.15.